The molecule has 0 aromatic carbocycles. The first-order valence-electron chi connectivity index (χ1n) is 6.95. The monoisotopic (exact) mass is 336 g/mol. The molecule has 20 heavy (non-hydrogen) atoms. The molecule has 2 atom stereocenters. The molecular formula is C14H17BrN4O. The summed E-state index contributed by atoms with van der Waals surface area (Å²) in [4.78, 5) is 8.77. The average molecular weight is 337 g/mol. The number of hydrogen-bond donors (Lipinski definition) is 1. The van der Waals surface area contributed by atoms with Crippen molar-refractivity contribution in [2.45, 2.75) is 44.1 Å². The molecule has 6 heteroatoms. The van der Waals surface area contributed by atoms with Crippen molar-refractivity contribution in [2.75, 3.05) is 0 Å². The summed E-state index contributed by atoms with van der Waals surface area (Å²) in [6, 6.07) is 3.89. The molecule has 0 bridgehead atoms. The second kappa shape index (κ2) is 6.01. The van der Waals surface area contributed by atoms with Crippen LogP contribution in [0.25, 0.3) is 11.5 Å². The van der Waals surface area contributed by atoms with Gasteiger partial charge in [0.15, 0.2) is 0 Å². The van der Waals surface area contributed by atoms with Gasteiger partial charge in [0.05, 0.1) is 5.92 Å². The maximum Gasteiger partial charge on any atom is 0.231 e. The minimum absolute atomic E-state index is 0.115. The van der Waals surface area contributed by atoms with Crippen LogP contribution >= 0.6 is 15.9 Å². The molecule has 0 amide bonds. The third-order valence-electron chi connectivity index (χ3n) is 3.78. The van der Waals surface area contributed by atoms with Gasteiger partial charge >= 0.3 is 0 Å². The molecule has 106 valence electrons. The van der Waals surface area contributed by atoms with E-state index >= 15 is 0 Å². The van der Waals surface area contributed by atoms with Gasteiger partial charge in [0, 0.05) is 16.7 Å². The molecule has 1 saturated carbocycles. The van der Waals surface area contributed by atoms with E-state index in [-0.39, 0.29) is 12.0 Å². The van der Waals surface area contributed by atoms with Gasteiger partial charge < -0.3 is 10.3 Å². The van der Waals surface area contributed by atoms with Crippen molar-refractivity contribution in [3.63, 3.8) is 0 Å². The summed E-state index contributed by atoms with van der Waals surface area (Å²) >= 11 is 3.36. The molecule has 0 aliphatic heterocycles. The number of nitrogens with zero attached hydrogens (tertiary/aromatic N) is 3. The first-order chi connectivity index (χ1) is 9.74. The Morgan fingerprint density at radius 3 is 2.85 bits per heavy atom. The molecule has 0 radical (unpaired) electrons. The Bertz CT molecular complexity index is 569. The molecule has 5 nitrogen and oxygen atoms in total. The molecule has 1 aliphatic carbocycles. The van der Waals surface area contributed by atoms with Crippen LogP contribution in [-0.2, 0) is 0 Å². The largest absolute Gasteiger partial charge is 0.339 e. The summed E-state index contributed by atoms with van der Waals surface area (Å²) in [6.07, 6.45) is 7.37. The number of nitrogens with two attached hydrogens (primary N) is 1. The Hall–Kier alpha value is -1.27. The molecule has 2 aromatic heterocycles. The van der Waals surface area contributed by atoms with Gasteiger partial charge in [-0.25, -0.2) is 0 Å². The van der Waals surface area contributed by atoms with Crippen LogP contribution in [0.2, 0.25) is 0 Å². The maximum atomic E-state index is 6.23. The van der Waals surface area contributed by atoms with E-state index in [1.807, 2.05) is 12.1 Å². The average Bonchev–Trinajstić information content (AvgIpc) is 2.83. The number of pyridine rings is 1. The number of rotatable bonds is 2. The number of hydrogen-bond acceptors (Lipinski definition) is 5. The van der Waals surface area contributed by atoms with Gasteiger partial charge in [-0.05, 0) is 40.9 Å². The van der Waals surface area contributed by atoms with Crippen LogP contribution in [0, 0.1) is 0 Å². The molecule has 3 rings (SSSR count). The second-order valence-electron chi connectivity index (χ2n) is 5.23. The van der Waals surface area contributed by atoms with E-state index in [1.165, 1.54) is 19.3 Å². The summed E-state index contributed by atoms with van der Waals surface area (Å²) in [5.41, 5.74) is 6.94. The lowest BCUT2D eigenvalue weighted by Gasteiger charge is -2.16. The quantitative estimate of drug-likeness (QED) is 0.851. The van der Waals surface area contributed by atoms with E-state index in [0.717, 1.165) is 17.3 Å². The second-order valence-corrected chi connectivity index (χ2v) is 6.14. The molecule has 0 saturated heterocycles. The summed E-state index contributed by atoms with van der Waals surface area (Å²) in [5, 5.41) is 4.04. The van der Waals surface area contributed by atoms with Crippen LogP contribution in [0.1, 0.15) is 43.9 Å². The maximum absolute atomic E-state index is 6.23. The third kappa shape index (κ3) is 2.91. The molecule has 1 aliphatic rings. The van der Waals surface area contributed by atoms with Gasteiger partial charge in [0.1, 0.15) is 5.69 Å². The highest BCUT2D eigenvalue weighted by Crippen LogP contribution is 2.30. The highest BCUT2D eigenvalue weighted by molar-refractivity contribution is 9.10. The van der Waals surface area contributed by atoms with Crippen molar-refractivity contribution >= 4 is 15.9 Å². The minimum atomic E-state index is 0.115. The lowest BCUT2D eigenvalue weighted by molar-refractivity contribution is 0.326. The van der Waals surface area contributed by atoms with Gasteiger partial charge in [-0.15, -0.1) is 0 Å². The Kier molecular flexibility index (Phi) is 4.12. The van der Waals surface area contributed by atoms with Crippen LogP contribution < -0.4 is 5.73 Å². The van der Waals surface area contributed by atoms with Gasteiger partial charge in [-0.3, -0.25) is 4.98 Å². The van der Waals surface area contributed by atoms with Crippen LogP contribution in [0.4, 0.5) is 0 Å². The van der Waals surface area contributed by atoms with Gasteiger partial charge in [0.2, 0.25) is 11.7 Å². The fourth-order valence-electron chi connectivity index (χ4n) is 2.64. The third-order valence-corrected chi connectivity index (χ3v) is 4.25. The van der Waals surface area contributed by atoms with E-state index < -0.39 is 0 Å². The highest BCUT2D eigenvalue weighted by Gasteiger charge is 2.27. The molecule has 2 unspecified atom stereocenters. The summed E-state index contributed by atoms with van der Waals surface area (Å²) in [5.74, 6) is 1.36. The van der Waals surface area contributed by atoms with E-state index in [4.69, 9.17) is 10.3 Å². The van der Waals surface area contributed by atoms with Crippen LogP contribution in [0.15, 0.2) is 27.3 Å². The fourth-order valence-corrected chi connectivity index (χ4v) is 2.88. The normalized spacial score (nSPS) is 23.5. The molecule has 2 aromatic rings. The zero-order valence-corrected chi connectivity index (χ0v) is 12.7. The zero-order valence-electron chi connectivity index (χ0n) is 11.1. The van der Waals surface area contributed by atoms with Crippen molar-refractivity contribution in [1.29, 1.82) is 0 Å². The Balaban J connectivity index is 1.83. The lowest BCUT2D eigenvalue weighted by atomic mass is 9.95. The summed E-state index contributed by atoms with van der Waals surface area (Å²) in [6.45, 7) is 0. The van der Waals surface area contributed by atoms with E-state index in [9.17, 15) is 0 Å². The molecule has 2 N–H and O–H groups in total. The van der Waals surface area contributed by atoms with Crippen LogP contribution in [0.5, 0.6) is 0 Å². The van der Waals surface area contributed by atoms with E-state index in [2.05, 4.69) is 31.1 Å². The van der Waals surface area contributed by atoms with Gasteiger partial charge in [-0.2, -0.15) is 4.98 Å². The Morgan fingerprint density at radius 2 is 2.05 bits per heavy atom. The number of aromatic nitrogens is 3. The lowest BCUT2D eigenvalue weighted by Crippen LogP contribution is -2.27. The van der Waals surface area contributed by atoms with Crippen molar-refractivity contribution < 1.29 is 4.52 Å². The van der Waals surface area contributed by atoms with E-state index in [1.54, 1.807) is 6.20 Å². The highest BCUT2D eigenvalue weighted by atomic mass is 79.9. The van der Waals surface area contributed by atoms with E-state index in [0.29, 0.717) is 17.4 Å². The summed E-state index contributed by atoms with van der Waals surface area (Å²) in [7, 11) is 0. The Morgan fingerprint density at radius 1 is 1.20 bits per heavy atom. The SMILES string of the molecule is NC1CCCCCC1c1nc(-c2ccc(Br)cn2)no1. The smallest absolute Gasteiger partial charge is 0.231 e. The summed E-state index contributed by atoms with van der Waals surface area (Å²) < 4.78 is 6.35. The van der Waals surface area contributed by atoms with Crippen molar-refractivity contribution in [2.24, 2.45) is 5.73 Å². The van der Waals surface area contributed by atoms with Crippen molar-refractivity contribution in [3.8, 4) is 11.5 Å². The van der Waals surface area contributed by atoms with Gasteiger partial charge in [-0.1, -0.05) is 24.4 Å². The molecular weight excluding hydrogens is 320 g/mol. The Labute approximate surface area is 126 Å². The predicted molar refractivity (Wildman–Crippen MR) is 79.0 cm³/mol. The minimum Gasteiger partial charge on any atom is -0.339 e. The van der Waals surface area contributed by atoms with Crippen LogP contribution in [0.3, 0.4) is 0 Å². The molecule has 2 heterocycles. The first kappa shape index (κ1) is 13.7. The van der Waals surface area contributed by atoms with Crippen LogP contribution in [-0.4, -0.2) is 21.2 Å². The molecule has 1 fully saturated rings. The predicted octanol–water partition coefficient (Wildman–Crippen LogP) is 3.27. The molecule has 0 spiro atoms. The standard InChI is InChI=1S/C14H17BrN4O/c15-9-6-7-12(17-8-9)13-18-14(20-19-13)10-4-2-1-3-5-11(10)16/h6-8,10-11H,1-5,16H2. The number of halogens is 1. The zero-order chi connectivity index (χ0) is 13.9. The van der Waals surface area contributed by atoms with Crippen molar-refractivity contribution in [3.05, 3.63) is 28.7 Å². The fraction of sp³-hybridized carbons (Fsp3) is 0.500. The van der Waals surface area contributed by atoms with Crippen molar-refractivity contribution in [1.82, 2.24) is 15.1 Å². The first-order valence-corrected chi connectivity index (χ1v) is 7.74. The van der Waals surface area contributed by atoms with Gasteiger partial charge in [0.25, 0.3) is 0 Å². The topological polar surface area (TPSA) is 77.8 Å².